The number of carbonyl (C=O) groups excluding carboxylic acids is 1. The third-order valence-electron chi connectivity index (χ3n) is 3.12. The van der Waals surface area contributed by atoms with Gasteiger partial charge >= 0.3 is 0 Å². The summed E-state index contributed by atoms with van der Waals surface area (Å²) in [5.41, 5.74) is 1.09. The van der Waals surface area contributed by atoms with Crippen molar-refractivity contribution in [2.75, 3.05) is 13.1 Å². The van der Waals surface area contributed by atoms with Crippen molar-refractivity contribution in [2.45, 2.75) is 26.2 Å². The summed E-state index contributed by atoms with van der Waals surface area (Å²) in [7, 11) is 0. The lowest BCUT2D eigenvalue weighted by Crippen LogP contribution is -2.30. The molecular formula is C14H18N2O. The molecule has 1 aliphatic heterocycles. The molecule has 1 fully saturated rings. The highest BCUT2D eigenvalue weighted by Gasteiger charge is 2.36. The van der Waals surface area contributed by atoms with E-state index in [-0.39, 0.29) is 11.8 Å². The first-order valence-electron chi connectivity index (χ1n) is 6.17. The minimum atomic E-state index is -0.0403. The first-order chi connectivity index (χ1) is 8.27. The maximum atomic E-state index is 12.3. The number of benzene rings is 1. The Bertz CT molecular complexity index is 425. The van der Waals surface area contributed by atoms with Gasteiger partial charge in [-0.25, -0.2) is 0 Å². The van der Waals surface area contributed by atoms with E-state index >= 15 is 0 Å². The van der Waals surface area contributed by atoms with Crippen molar-refractivity contribution in [1.29, 1.82) is 0 Å². The van der Waals surface area contributed by atoms with Gasteiger partial charge in [-0.1, -0.05) is 30.3 Å². The number of amidine groups is 1. The third kappa shape index (κ3) is 2.23. The van der Waals surface area contributed by atoms with Gasteiger partial charge in [0, 0.05) is 19.5 Å². The Morgan fingerprint density at radius 2 is 2.00 bits per heavy atom. The van der Waals surface area contributed by atoms with Crippen LogP contribution in [0, 0.1) is 0 Å². The van der Waals surface area contributed by atoms with Gasteiger partial charge in [0.05, 0.1) is 5.92 Å². The molecule has 3 nitrogen and oxygen atoms in total. The zero-order valence-corrected chi connectivity index (χ0v) is 10.4. The van der Waals surface area contributed by atoms with Crippen molar-refractivity contribution in [3.63, 3.8) is 0 Å². The molecule has 3 heteroatoms. The molecule has 1 atom stereocenters. The molecule has 0 saturated carbocycles. The van der Waals surface area contributed by atoms with Gasteiger partial charge in [-0.15, -0.1) is 0 Å². The van der Waals surface area contributed by atoms with E-state index in [1.807, 2.05) is 44.2 Å². The van der Waals surface area contributed by atoms with E-state index in [9.17, 15) is 4.79 Å². The second kappa shape index (κ2) is 5.13. The molecule has 1 heterocycles. The van der Waals surface area contributed by atoms with Crippen molar-refractivity contribution in [3.05, 3.63) is 35.9 Å². The fourth-order valence-electron chi connectivity index (χ4n) is 2.31. The zero-order chi connectivity index (χ0) is 12.3. The number of nitrogens with zero attached hydrogens (tertiary/aromatic N) is 2. The molecule has 1 aromatic rings. The second-order valence-corrected chi connectivity index (χ2v) is 4.14. The Balaban J connectivity index is 2.28. The first-order valence-corrected chi connectivity index (χ1v) is 6.17. The molecule has 0 aliphatic carbocycles. The molecule has 17 heavy (non-hydrogen) atoms. The van der Waals surface area contributed by atoms with Crippen LogP contribution in [0.1, 0.15) is 31.7 Å². The Morgan fingerprint density at radius 3 is 2.59 bits per heavy atom. The molecular weight excluding hydrogens is 212 g/mol. The van der Waals surface area contributed by atoms with Gasteiger partial charge in [0.1, 0.15) is 5.84 Å². The number of aliphatic imine (C=N–C) groups is 1. The lowest BCUT2D eigenvalue weighted by Gasteiger charge is -2.14. The second-order valence-electron chi connectivity index (χ2n) is 4.14. The lowest BCUT2D eigenvalue weighted by atomic mass is 9.98. The molecule has 0 radical (unpaired) electrons. The summed E-state index contributed by atoms with van der Waals surface area (Å²) in [4.78, 5) is 18.5. The first kappa shape index (κ1) is 11.8. The molecule has 1 amide bonds. The highest BCUT2D eigenvalue weighted by atomic mass is 16.2. The molecule has 0 N–H and O–H groups in total. The van der Waals surface area contributed by atoms with Crippen LogP contribution in [0.2, 0.25) is 0 Å². The smallest absolute Gasteiger partial charge is 0.235 e. The summed E-state index contributed by atoms with van der Waals surface area (Å²) in [6.45, 7) is 5.44. The Kier molecular flexibility index (Phi) is 3.57. The monoisotopic (exact) mass is 230 g/mol. The molecule has 1 saturated heterocycles. The highest BCUT2D eigenvalue weighted by molar-refractivity contribution is 6.08. The molecule has 1 aromatic carbocycles. The largest absolute Gasteiger partial charge is 0.300 e. The standard InChI is InChI=1S/C14H18N2O/c1-3-15-13-10-12(14(17)16(13)4-2)11-8-6-5-7-9-11/h5-9,12H,3-4,10H2,1-2H3. The quantitative estimate of drug-likeness (QED) is 0.785. The molecule has 0 aromatic heterocycles. The van der Waals surface area contributed by atoms with E-state index in [2.05, 4.69) is 4.99 Å². The molecule has 1 unspecified atom stereocenters. The van der Waals surface area contributed by atoms with Crippen LogP contribution in [-0.2, 0) is 4.79 Å². The van der Waals surface area contributed by atoms with Crippen molar-refractivity contribution in [2.24, 2.45) is 4.99 Å². The number of hydrogen-bond donors (Lipinski definition) is 0. The Labute approximate surface area is 102 Å². The predicted molar refractivity (Wildman–Crippen MR) is 69.2 cm³/mol. The van der Waals surface area contributed by atoms with Gasteiger partial charge in [-0.3, -0.25) is 9.79 Å². The van der Waals surface area contributed by atoms with Crippen molar-refractivity contribution < 1.29 is 4.79 Å². The number of hydrogen-bond acceptors (Lipinski definition) is 2. The fourth-order valence-corrected chi connectivity index (χ4v) is 2.31. The summed E-state index contributed by atoms with van der Waals surface area (Å²) < 4.78 is 0. The maximum absolute atomic E-state index is 12.3. The number of amides is 1. The van der Waals surface area contributed by atoms with Gasteiger partial charge in [0.15, 0.2) is 0 Å². The van der Waals surface area contributed by atoms with Gasteiger partial charge in [-0.2, -0.15) is 0 Å². The van der Waals surface area contributed by atoms with Gasteiger partial charge in [-0.05, 0) is 19.4 Å². The van der Waals surface area contributed by atoms with E-state index in [1.165, 1.54) is 0 Å². The van der Waals surface area contributed by atoms with Crippen molar-refractivity contribution in [1.82, 2.24) is 4.90 Å². The van der Waals surface area contributed by atoms with E-state index in [1.54, 1.807) is 4.90 Å². The SMILES string of the molecule is CCN=C1CC(c2ccccc2)C(=O)N1CC. The molecule has 90 valence electrons. The van der Waals surface area contributed by atoms with Crippen LogP contribution in [0.25, 0.3) is 0 Å². The van der Waals surface area contributed by atoms with Crippen LogP contribution in [0.4, 0.5) is 0 Å². The predicted octanol–water partition coefficient (Wildman–Crippen LogP) is 2.44. The molecule has 2 rings (SSSR count). The number of likely N-dealkylation sites (N-methyl/N-ethyl adjacent to an activating group) is 1. The minimum Gasteiger partial charge on any atom is -0.300 e. The van der Waals surface area contributed by atoms with Crippen molar-refractivity contribution in [3.8, 4) is 0 Å². The molecule has 0 spiro atoms. The van der Waals surface area contributed by atoms with Crippen LogP contribution in [-0.4, -0.2) is 29.7 Å². The van der Waals surface area contributed by atoms with E-state index in [0.717, 1.165) is 24.4 Å². The van der Waals surface area contributed by atoms with Gasteiger partial charge < -0.3 is 4.90 Å². The van der Waals surface area contributed by atoms with Gasteiger partial charge in [0.2, 0.25) is 5.91 Å². The summed E-state index contributed by atoms with van der Waals surface area (Å²) in [6, 6.07) is 9.97. The van der Waals surface area contributed by atoms with Crippen LogP contribution in [0.3, 0.4) is 0 Å². The normalized spacial score (nSPS) is 22.5. The van der Waals surface area contributed by atoms with E-state index < -0.39 is 0 Å². The van der Waals surface area contributed by atoms with Crippen LogP contribution in [0.15, 0.2) is 35.3 Å². The topological polar surface area (TPSA) is 32.7 Å². The minimum absolute atomic E-state index is 0.0403. The summed E-state index contributed by atoms with van der Waals surface area (Å²) in [5, 5.41) is 0. The van der Waals surface area contributed by atoms with Crippen LogP contribution < -0.4 is 0 Å². The van der Waals surface area contributed by atoms with Crippen LogP contribution >= 0.6 is 0 Å². The average Bonchev–Trinajstić information content (AvgIpc) is 2.67. The third-order valence-corrected chi connectivity index (χ3v) is 3.12. The maximum Gasteiger partial charge on any atom is 0.235 e. The number of carbonyl (C=O) groups is 1. The number of rotatable bonds is 3. The fraction of sp³-hybridized carbons (Fsp3) is 0.429. The van der Waals surface area contributed by atoms with E-state index in [4.69, 9.17) is 0 Å². The average molecular weight is 230 g/mol. The van der Waals surface area contributed by atoms with Crippen LogP contribution in [0.5, 0.6) is 0 Å². The number of likely N-dealkylation sites (tertiary alicyclic amines) is 1. The highest BCUT2D eigenvalue weighted by Crippen LogP contribution is 2.29. The summed E-state index contributed by atoms with van der Waals surface area (Å²) >= 11 is 0. The Hall–Kier alpha value is -1.64. The van der Waals surface area contributed by atoms with Gasteiger partial charge in [0.25, 0.3) is 0 Å². The lowest BCUT2D eigenvalue weighted by molar-refractivity contribution is -0.126. The summed E-state index contributed by atoms with van der Waals surface area (Å²) in [5.74, 6) is 1.08. The molecule has 1 aliphatic rings. The van der Waals surface area contributed by atoms with E-state index in [0.29, 0.717) is 6.54 Å². The van der Waals surface area contributed by atoms with Crippen molar-refractivity contribution >= 4 is 11.7 Å². The Morgan fingerprint density at radius 1 is 1.29 bits per heavy atom. The summed E-state index contributed by atoms with van der Waals surface area (Å²) in [6.07, 6.45) is 0.741. The zero-order valence-electron chi connectivity index (χ0n) is 10.4. The molecule has 0 bridgehead atoms.